The number of halogens is 1. The van der Waals surface area contributed by atoms with Crippen LogP contribution in [0.15, 0.2) is 35.1 Å². The van der Waals surface area contributed by atoms with Crippen molar-refractivity contribution in [2.75, 3.05) is 0 Å². The van der Waals surface area contributed by atoms with E-state index in [4.69, 9.17) is 0 Å². The molecule has 0 bridgehead atoms. The zero-order valence-electron chi connectivity index (χ0n) is 8.01. The summed E-state index contributed by atoms with van der Waals surface area (Å²) in [5.74, 6) is 0.580. The first-order valence-corrected chi connectivity index (χ1v) is 5.14. The van der Waals surface area contributed by atoms with Crippen LogP contribution in [0, 0.1) is 0 Å². The average Bonchev–Trinajstić information content (AvgIpc) is 2.65. The largest absolute Gasteiger partial charge is 0.293 e. The normalized spacial score (nSPS) is 10.3. The maximum atomic E-state index is 11.1. The van der Waals surface area contributed by atoms with Gasteiger partial charge in [0.2, 0.25) is 0 Å². The minimum Gasteiger partial charge on any atom is -0.293 e. The lowest BCUT2D eigenvalue weighted by Gasteiger charge is -2.01. The molecular weight excluding hydrogens is 258 g/mol. The van der Waals surface area contributed by atoms with Crippen LogP contribution in [0.5, 0.6) is 0 Å². The highest BCUT2D eigenvalue weighted by Crippen LogP contribution is 2.11. The molecule has 2 heterocycles. The van der Waals surface area contributed by atoms with Crippen LogP contribution in [0.25, 0.3) is 5.82 Å². The van der Waals surface area contributed by atoms with E-state index in [1.807, 2.05) is 0 Å². The van der Waals surface area contributed by atoms with Crippen molar-refractivity contribution in [1.82, 2.24) is 14.8 Å². The van der Waals surface area contributed by atoms with E-state index in [2.05, 4.69) is 26.0 Å². The van der Waals surface area contributed by atoms with Gasteiger partial charge in [-0.05, 0) is 28.1 Å². The number of Topliss-reactive ketones (excluding diaryl/α,β-unsaturated/α-hetero) is 1. The summed E-state index contributed by atoms with van der Waals surface area (Å²) in [4.78, 5) is 15.3. The Morgan fingerprint density at radius 1 is 1.47 bits per heavy atom. The number of nitrogens with zero attached hydrogens (tertiary/aromatic N) is 3. The fourth-order valence-corrected chi connectivity index (χ4v) is 1.46. The highest BCUT2D eigenvalue weighted by atomic mass is 79.9. The molecule has 0 aromatic carbocycles. The first-order chi connectivity index (χ1) is 7.16. The van der Waals surface area contributed by atoms with E-state index < -0.39 is 0 Å². The highest BCUT2D eigenvalue weighted by molar-refractivity contribution is 9.10. The van der Waals surface area contributed by atoms with Gasteiger partial charge in [0.25, 0.3) is 0 Å². The summed E-state index contributed by atoms with van der Waals surface area (Å²) in [6.45, 7) is 1.49. The van der Waals surface area contributed by atoms with Gasteiger partial charge < -0.3 is 0 Å². The maximum Gasteiger partial charge on any atom is 0.178 e. The van der Waals surface area contributed by atoms with E-state index >= 15 is 0 Å². The molecule has 2 aromatic rings. The van der Waals surface area contributed by atoms with Crippen LogP contribution in [0.1, 0.15) is 17.4 Å². The molecule has 0 spiro atoms. The van der Waals surface area contributed by atoms with Crippen molar-refractivity contribution in [1.29, 1.82) is 0 Å². The maximum absolute atomic E-state index is 11.1. The number of hydrogen-bond donors (Lipinski definition) is 0. The van der Waals surface area contributed by atoms with Crippen LogP contribution in [-0.2, 0) is 0 Å². The quantitative estimate of drug-likeness (QED) is 0.783. The van der Waals surface area contributed by atoms with Crippen LogP contribution >= 0.6 is 15.9 Å². The van der Waals surface area contributed by atoms with Crippen molar-refractivity contribution >= 4 is 21.7 Å². The molecule has 0 saturated carbocycles. The van der Waals surface area contributed by atoms with E-state index in [-0.39, 0.29) is 5.78 Å². The molecule has 0 saturated heterocycles. The molecule has 0 atom stereocenters. The van der Waals surface area contributed by atoms with Crippen molar-refractivity contribution in [3.05, 3.63) is 40.8 Å². The van der Waals surface area contributed by atoms with Gasteiger partial charge in [0.15, 0.2) is 11.6 Å². The predicted molar refractivity (Wildman–Crippen MR) is 59.1 cm³/mol. The average molecular weight is 266 g/mol. The van der Waals surface area contributed by atoms with Crippen LogP contribution in [-0.4, -0.2) is 20.5 Å². The van der Waals surface area contributed by atoms with Gasteiger partial charge in [0.05, 0.1) is 10.7 Å². The summed E-state index contributed by atoms with van der Waals surface area (Å²) < 4.78 is 2.48. The molecule has 0 amide bonds. The fraction of sp³-hybridized carbons (Fsp3) is 0.100. The third kappa shape index (κ3) is 2.12. The van der Waals surface area contributed by atoms with Crippen LogP contribution in [0.4, 0.5) is 0 Å². The molecule has 2 aromatic heterocycles. The minimum atomic E-state index is -0.0527. The molecular formula is C10H8BrN3O. The lowest BCUT2D eigenvalue weighted by molar-refractivity contribution is 0.101. The number of aromatic nitrogens is 3. The fourth-order valence-electron chi connectivity index (χ4n) is 1.17. The van der Waals surface area contributed by atoms with Gasteiger partial charge in [0, 0.05) is 13.1 Å². The molecule has 2 rings (SSSR count). The zero-order chi connectivity index (χ0) is 10.8. The predicted octanol–water partition coefficient (Wildman–Crippen LogP) is 2.23. The molecule has 0 aliphatic rings. The van der Waals surface area contributed by atoms with Crippen LogP contribution < -0.4 is 0 Å². The standard InChI is InChI=1S/C10H8BrN3O/c1-7(15)9-3-2-4-10(13-9)14-6-8(11)5-12-14/h2-6H,1H3. The van der Waals surface area contributed by atoms with E-state index in [9.17, 15) is 4.79 Å². The van der Waals surface area contributed by atoms with Gasteiger partial charge in [0.1, 0.15) is 5.69 Å². The Labute approximate surface area is 95.1 Å². The van der Waals surface area contributed by atoms with Crippen molar-refractivity contribution in [2.45, 2.75) is 6.92 Å². The molecule has 0 aliphatic carbocycles. The summed E-state index contributed by atoms with van der Waals surface area (Å²) in [6.07, 6.45) is 3.45. The zero-order valence-corrected chi connectivity index (χ0v) is 9.60. The number of pyridine rings is 1. The van der Waals surface area contributed by atoms with E-state index in [0.717, 1.165) is 4.47 Å². The second-order valence-corrected chi connectivity index (χ2v) is 3.96. The smallest absolute Gasteiger partial charge is 0.178 e. The molecule has 0 radical (unpaired) electrons. The lowest BCUT2D eigenvalue weighted by Crippen LogP contribution is -2.03. The summed E-state index contributed by atoms with van der Waals surface area (Å²) in [5, 5.41) is 4.08. The Morgan fingerprint density at radius 3 is 2.87 bits per heavy atom. The molecule has 4 nitrogen and oxygen atoms in total. The number of carbonyl (C=O) groups excluding carboxylic acids is 1. The number of hydrogen-bond acceptors (Lipinski definition) is 3. The third-order valence-corrected chi connectivity index (χ3v) is 2.29. The van der Waals surface area contributed by atoms with Crippen molar-refractivity contribution < 1.29 is 4.79 Å². The first kappa shape index (κ1) is 10.0. The molecule has 0 unspecified atom stereocenters. The number of carbonyl (C=O) groups is 1. The second-order valence-electron chi connectivity index (χ2n) is 3.04. The van der Waals surface area contributed by atoms with Gasteiger partial charge in [-0.25, -0.2) is 9.67 Å². The Balaban J connectivity index is 2.45. The lowest BCUT2D eigenvalue weighted by atomic mass is 10.3. The van der Waals surface area contributed by atoms with E-state index in [1.165, 1.54) is 6.92 Å². The molecule has 15 heavy (non-hydrogen) atoms. The Bertz CT molecular complexity index is 507. The van der Waals surface area contributed by atoms with Crippen molar-refractivity contribution in [2.24, 2.45) is 0 Å². The molecule has 76 valence electrons. The van der Waals surface area contributed by atoms with Crippen LogP contribution in [0.3, 0.4) is 0 Å². The van der Waals surface area contributed by atoms with E-state index in [0.29, 0.717) is 11.5 Å². The Kier molecular flexibility index (Phi) is 2.64. The Morgan fingerprint density at radius 2 is 2.27 bits per heavy atom. The Hall–Kier alpha value is -1.49. The third-order valence-electron chi connectivity index (χ3n) is 1.88. The van der Waals surface area contributed by atoms with Gasteiger partial charge in [-0.15, -0.1) is 0 Å². The number of rotatable bonds is 2. The van der Waals surface area contributed by atoms with Gasteiger partial charge >= 0.3 is 0 Å². The molecule has 0 fully saturated rings. The van der Waals surface area contributed by atoms with Gasteiger partial charge in [-0.1, -0.05) is 6.07 Å². The summed E-state index contributed by atoms with van der Waals surface area (Å²) in [7, 11) is 0. The topological polar surface area (TPSA) is 47.8 Å². The highest BCUT2D eigenvalue weighted by Gasteiger charge is 2.04. The van der Waals surface area contributed by atoms with Crippen molar-refractivity contribution in [3.8, 4) is 5.82 Å². The SMILES string of the molecule is CC(=O)c1cccc(-n2cc(Br)cn2)n1. The summed E-state index contributed by atoms with van der Waals surface area (Å²) >= 11 is 3.30. The summed E-state index contributed by atoms with van der Waals surface area (Å²) in [5.41, 5.74) is 0.444. The molecule has 5 heteroatoms. The minimum absolute atomic E-state index is 0.0527. The second kappa shape index (κ2) is 3.94. The van der Waals surface area contributed by atoms with E-state index in [1.54, 1.807) is 35.3 Å². The van der Waals surface area contributed by atoms with Crippen LogP contribution in [0.2, 0.25) is 0 Å². The monoisotopic (exact) mass is 265 g/mol. The molecule has 0 N–H and O–H groups in total. The molecule has 0 aliphatic heterocycles. The summed E-state index contributed by atoms with van der Waals surface area (Å²) in [6, 6.07) is 5.27. The van der Waals surface area contributed by atoms with Gasteiger partial charge in [-0.3, -0.25) is 4.79 Å². The van der Waals surface area contributed by atoms with Gasteiger partial charge in [-0.2, -0.15) is 5.10 Å². The van der Waals surface area contributed by atoms with Crippen molar-refractivity contribution in [3.63, 3.8) is 0 Å². The first-order valence-electron chi connectivity index (χ1n) is 4.35. The number of ketones is 1.